The minimum atomic E-state index is -0.786. The molecule has 0 spiro atoms. The van der Waals surface area contributed by atoms with Gasteiger partial charge in [0.2, 0.25) is 0 Å². The van der Waals surface area contributed by atoms with Crippen molar-refractivity contribution in [3.8, 4) is 0 Å². The number of carbonyl (C=O) groups excluding carboxylic acids is 3. The molecule has 0 heterocycles. The highest BCUT2D eigenvalue weighted by molar-refractivity contribution is 5.71. The molecule has 0 aliphatic heterocycles. The summed E-state index contributed by atoms with van der Waals surface area (Å²) in [5.41, 5.74) is 0. The lowest BCUT2D eigenvalue weighted by molar-refractivity contribution is -0.167. The Balaban J connectivity index is 4.37. The Morgan fingerprint density at radius 1 is 0.309 bits per heavy atom. The lowest BCUT2D eigenvalue weighted by Gasteiger charge is -2.18. The van der Waals surface area contributed by atoms with E-state index in [1.165, 1.54) is 154 Å². The molecule has 0 N–H and O–H groups in total. The predicted octanol–water partition coefficient (Wildman–Crippen LogP) is 19.6. The minimum absolute atomic E-state index is 0.0822. The van der Waals surface area contributed by atoms with Crippen molar-refractivity contribution in [1.29, 1.82) is 0 Å². The van der Waals surface area contributed by atoms with Gasteiger partial charge in [-0.25, -0.2) is 0 Å². The lowest BCUT2D eigenvalue weighted by atomic mass is 10.0. The van der Waals surface area contributed by atoms with E-state index >= 15 is 0 Å². The molecule has 0 aliphatic carbocycles. The van der Waals surface area contributed by atoms with E-state index in [0.717, 1.165) is 103 Å². The van der Waals surface area contributed by atoms with Crippen molar-refractivity contribution in [3.05, 3.63) is 60.8 Å². The normalized spacial score (nSPS) is 12.5. The average Bonchev–Trinajstić information content (AvgIpc) is 3.34. The van der Waals surface area contributed by atoms with E-state index in [0.29, 0.717) is 19.3 Å². The van der Waals surface area contributed by atoms with Crippen molar-refractivity contribution in [2.45, 2.75) is 303 Å². The molecule has 0 aromatic rings. The fourth-order valence-electron chi connectivity index (χ4n) is 8.37. The second kappa shape index (κ2) is 56.7. The van der Waals surface area contributed by atoms with Gasteiger partial charge >= 0.3 is 17.9 Å². The predicted molar refractivity (Wildman–Crippen MR) is 293 cm³/mol. The third kappa shape index (κ3) is 54.1. The maximum atomic E-state index is 12.9. The van der Waals surface area contributed by atoms with Crippen LogP contribution in [0.15, 0.2) is 60.8 Å². The Kier molecular flexibility index (Phi) is 54.3. The first-order chi connectivity index (χ1) is 33.5. The minimum Gasteiger partial charge on any atom is -0.462 e. The Morgan fingerprint density at radius 2 is 0.574 bits per heavy atom. The van der Waals surface area contributed by atoms with E-state index in [9.17, 15) is 14.4 Å². The highest BCUT2D eigenvalue weighted by Gasteiger charge is 2.19. The van der Waals surface area contributed by atoms with Crippen molar-refractivity contribution in [2.24, 2.45) is 0 Å². The molecule has 0 rings (SSSR count). The summed E-state index contributed by atoms with van der Waals surface area (Å²) in [5, 5.41) is 0. The van der Waals surface area contributed by atoms with E-state index in [-0.39, 0.29) is 31.1 Å². The number of hydrogen-bond acceptors (Lipinski definition) is 6. The van der Waals surface area contributed by atoms with E-state index < -0.39 is 6.10 Å². The second-order valence-electron chi connectivity index (χ2n) is 19.5. The zero-order valence-electron chi connectivity index (χ0n) is 45.1. The van der Waals surface area contributed by atoms with E-state index in [2.05, 4.69) is 81.5 Å². The number of rotatable bonds is 53. The van der Waals surface area contributed by atoms with Gasteiger partial charge in [-0.3, -0.25) is 14.4 Å². The summed E-state index contributed by atoms with van der Waals surface area (Å²) in [6.07, 6.45) is 70.7. The Hall–Kier alpha value is -2.89. The van der Waals surface area contributed by atoms with Gasteiger partial charge in [0.15, 0.2) is 6.10 Å². The summed E-state index contributed by atoms with van der Waals surface area (Å²) in [5.74, 6) is -0.900. The van der Waals surface area contributed by atoms with E-state index in [1.54, 1.807) is 0 Å². The van der Waals surface area contributed by atoms with Crippen LogP contribution in [0.5, 0.6) is 0 Å². The van der Waals surface area contributed by atoms with Crippen molar-refractivity contribution in [3.63, 3.8) is 0 Å². The molecule has 1 atom stereocenters. The van der Waals surface area contributed by atoms with Crippen LogP contribution in [-0.2, 0) is 28.6 Å². The van der Waals surface area contributed by atoms with Crippen LogP contribution >= 0.6 is 0 Å². The van der Waals surface area contributed by atoms with Crippen molar-refractivity contribution in [1.82, 2.24) is 0 Å². The standard InChI is InChI=1S/C62H110O6/c1-4-7-10-13-16-19-22-25-28-30-31-33-34-37-40-43-46-49-52-55-61(64)67-58-59(57-66-60(63)54-51-48-45-42-39-36-27-24-21-18-15-12-9-6-3)68-62(65)56-53-50-47-44-41-38-35-32-29-26-23-20-17-14-11-8-5-2/h9,12,17-18,20-21,26-27,29,36,59H,4-8,10-11,13-16,19,22-25,28,30-35,37-58H2,1-3H3/b12-9-,20-17-,21-18-,29-26-,36-27-. The van der Waals surface area contributed by atoms with Crippen molar-refractivity contribution < 1.29 is 28.6 Å². The van der Waals surface area contributed by atoms with Gasteiger partial charge in [-0.1, -0.05) is 255 Å². The third-order valence-electron chi connectivity index (χ3n) is 12.8. The molecule has 0 aliphatic rings. The summed E-state index contributed by atoms with van der Waals surface area (Å²) >= 11 is 0. The molecule has 6 heteroatoms. The molecule has 0 saturated carbocycles. The van der Waals surface area contributed by atoms with Gasteiger partial charge in [-0.15, -0.1) is 0 Å². The topological polar surface area (TPSA) is 78.9 Å². The summed E-state index contributed by atoms with van der Waals surface area (Å²) in [6, 6.07) is 0. The van der Waals surface area contributed by atoms with Gasteiger partial charge in [0.25, 0.3) is 0 Å². The summed E-state index contributed by atoms with van der Waals surface area (Å²) in [4.78, 5) is 38.2. The van der Waals surface area contributed by atoms with E-state index in [4.69, 9.17) is 14.2 Å². The summed E-state index contributed by atoms with van der Waals surface area (Å²) < 4.78 is 16.9. The largest absolute Gasteiger partial charge is 0.462 e. The maximum absolute atomic E-state index is 12.9. The van der Waals surface area contributed by atoms with Gasteiger partial charge in [-0.2, -0.15) is 0 Å². The molecule has 6 nitrogen and oxygen atoms in total. The molecular formula is C62H110O6. The van der Waals surface area contributed by atoms with Gasteiger partial charge in [-0.05, 0) is 83.5 Å². The highest BCUT2D eigenvalue weighted by Crippen LogP contribution is 2.16. The van der Waals surface area contributed by atoms with Crippen LogP contribution in [0.2, 0.25) is 0 Å². The SMILES string of the molecule is CC/C=C\C/C=C\C/C=C\CCCCCCC(=O)OCC(COC(=O)CCCCCCCCCCCCCCCCCCCCC)OC(=O)CCCCCCCCC/C=C\C/C=C\CCCCC. The van der Waals surface area contributed by atoms with Crippen LogP contribution in [-0.4, -0.2) is 37.2 Å². The van der Waals surface area contributed by atoms with Crippen molar-refractivity contribution >= 4 is 17.9 Å². The number of allylic oxidation sites excluding steroid dienone is 10. The molecule has 68 heavy (non-hydrogen) atoms. The van der Waals surface area contributed by atoms with Crippen LogP contribution < -0.4 is 0 Å². The molecule has 0 aromatic heterocycles. The first kappa shape index (κ1) is 65.1. The second-order valence-corrected chi connectivity index (χ2v) is 19.5. The van der Waals surface area contributed by atoms with Crippen LogP contribution in [0.25, 0.3) is 0 Å². The highest BCUT2D eigenvalue weighted by atomic mass is 16.6. The fraction of sp³-hybridized carbons (Fsp3) is 0.790. The molecule has 0 saturated heterocycles. The zero-order chi connectivity index (χ0) is 49.3. The van der Waals surface area contributed by atoms with Gasteiger partial charge in [0.05, 0.1) is 0 Å². The molecule has 0 radical (unpaired) electrons. The van der Waals surface area contributed by atoms with E-state index in [1.807, 2.05) is 0 Å². The number of hydrogen-bond donors (Lipinski definition) is 0. The Labute approximate surface area is 421 Å². The molecular weight excluding hydrogens is 841 g/mol. The van der Waals surface area contributed by atoms with Gasteiger partial charge in [0.1, 0.15) is 13.2 Å². The number of unbranched alkanes of at least 4 members (excludes halogenated alkanes) is 32. The molecule has 0 amide bonds. The smallest absolute Gasteiger partial charge is 0.306 e. The maximum Gasteiger partial charge on any atom is 0.306 e. The molecule has 394 valence electrons. The van der Waals surface area contributed by atoms with Crippen LogP contribution in [0.3, 0.4) is 0 Å². The Morgan fingerprint density at radius 3 is 0.926 bits per heavy atom. The van der Waals surface area contributed by atoms with Crippen LogP contribution in [0, 0.1) is 0 Å². The monoisotopic (exact) mass is 951 g/mol. The lowest BCUT2D eigenvalue weighted by Crippen LogP contribution is -2.30. The van der Waals surface area contributed by atoms with Crippen LogP contribution in [0.1, 0.15) is 297 Å². The zero-order valence-corrected chi connectivity index (χ0v) is 45.1. The molecule has 0 aromatic carbocycles. The number of carbonyl (C=O) groups is 3. The number of ether oxygens (including phenoxy) is 3. The average molecular weight is 952 g/mol. The van der Waals surface area contributed by atoms with Crippen molar-refractivity contribution in [2.75, 3.05) is 13.2 Å². The number of esters is 3. The third-order valence-corrected chi connectivity index (χ3v) is 12.8. The Bertz CT molecular complexity index is 1230. The molecule has 0 bridgehead atoms. The van der Waals surface area contributed by atoms with Crippen LogP contribution in [0.4, 0.5) is 0 Å². The molecule has 0 fully saturated rings. The summed E-state index contributed by atoms with van der Waals surface area (Å²) in [6.45, 7) is 6.51. The fourth-order valence-corrected chi connectivity index (χ4v) is 8.37. The summed E-state index contributed by atoms with van der Waals surface area (Å²) in [7, 11) is 0. The van der Waals surface area contributed by atoms with Gasteiger partial charge < -0.3 is 14.2 Å². The quantitative estimate of drug-likeness (QED) is 0.0262. The molecule has 1 unspecified atom stereocenters. The van der Waals surface area contributed by atoms with Gasteiger partial charge in [0, 0.05) is 19.3 Å². The first-order valence-electron chi connectivity index (χ1n) is 29.3. The first-order valence-corrected chi connectivity index (χ1v) is 29.3.